The molecule has 2 heterocycles. The number of nitrogens with zero attached hydrogens (tertiary/aromatic N) is 4. The first-order valence-corrected chi connectivity index (χ1v) is 12.2. The largest absolute Gasteiger partial charge is 0.345 e. The Hall–Kier alpha value is -2.91. The number of halogens is 1. The fourth-order valence-corrected chi connectivity index (χ4v) is 5.12. The molecule has 0 atom stereocenters. The highest BCUT2D eigenvalue weighted by Crippen LogP contribution is 2.25. The Kier molecular flexibility index (Phi) is 6.48. The van der Waals surface area contributed by atoms with Gasteiger partial charge in [0.05, 0.1) is 17.1 Å². The molecule has 0 spiro atoms. The zero-order chi connectivity index (χ0) is 22.7. The summed E-state index contributed by atoms with van der Waals surface area (Å²) in [6, 6.07) is 12.5. The number of nitrogens with one attached hydrogen (secondary N) is 1. The van der Waals surface area contributed by atoms with E-state index in [2.05, 4.69) is 20.1 Å². The lowest BCUT2D eigenvalue weighted by Crippen LogP contribution is -2.28. The van der Waals surface area contributed by atoms with Gasteiger partial charge in [-0.05, 0) is 49.2 Å². The molecule has 0 bridgehead atoms. The third-order valence-electron chi connectivity index (χ3n) is 5.52. The third kappa shape index (κ3) is 4.63. The van der Waals surface area contributed by atoms with E-state index in [9.17, 15) is 13.2 Å². The quantitative estimate of drug-likeness (QED) is 0.591. The highest BCUT2D eigenvalue weighted by molar-refractivity contribution is 7.92. The number of aromatic nitrogens is 3. The predicted molar refractivity (Wildman–Crippen MR) is 122 cm³/mol. The van der Waals surface area contributed by atoms with E-state index in [4.69, 9.17) is 11.6 Å². The maximum absolute atomic E-state index is 13.1. The highest BCUT2D eigenvalue weighted by Gasteiger charge is 2.23. The van der Waals surface area contributed by atoms with Crippen molar-refractivity contribution in [1.82, 2.24) is 20.1 Å². The van der Waals surface area contributed by atoms with Crippen molar-refractivity contribution < 1.29 is 13.2 Å². The molecule has 0 unspecified atom stereocenters. The van der Waals surface area contributed by atoms with E-state index in [0.29, 0.717) is 16.5 Å². The van der Waals surface area contributed by atoms with Crippen LogP contribution >= 0.6 is 11.6 Å². The minimum absolute atomic E-state index is 0.0176. The average molecular weight is 474 g/mol. The molecule has 32 heavy (non-hydrogen) atoms. The summed E-state index contributed by atoms with van der Waals surface area (Å²) in [5.41, 5.74) is 0.682. The van der Waals surface area contributed by atoms with Crippen molar-refractivity contribution in [3.05, 3.63) is 70.8 Å². The summed E-state index contributed by atoms with van der Waals surface area (Å²) < 4.78 is 29.4. The van der Waals surface area contributed by atoms with E-state index in [1.54, 1.807) is 36.4 Å². The Morgan fingerprint density at radius 3 is 2.75 bits per heavy atom. The third-order valence-corrected chi connectivity index (χ3v) is 7.54. The number of carbonyl (C=O) groups is 1. The van der Waals surface area contributed by atoms with E-state index in [1.165, 1.54) is 19.2 Å². The van der Waals surface area contributed by atoms with Gasteiger partial charge in [-0.25, -0.2) is 8.42 Å². The molecule has 0 saturated carbocycles. The van der Waals surface area contributed by atoms with E-state index >= 15 is 0 Å². The standard InChI is InChI=1S/C22H24ClN5O3S/c1-27(18-9-6-8-17(23)14-18)32(30,31)19-10-5-7-16(13-19)22(29)24-15-21-26-25-20-11-3-2-4-12-28(20)21/h5-10,13-14H,2-4,11-12,15H2,1H3,(H,24,29). The van der Waals surface area contributed by atoms with Gasteiger partial charge >= 0.3 is 0 Å². The molecule has 1 aliphatic rings. The molecule has 1 N–H and O–H groups in total. The summed E-state index contributed by atoms with van der Waals surface area (Å²) in [4.78, 5) is 12.8. The van der Waals surface area contributed by atoms with Crippen LogP contribution in [0.2, 0.25) is 5.02 Å². The number of rotatable bonds is 6. The minimum atomic E-state index is -3.87. The molecular formula is C22H24ClN5O3S. The number of anilines is 1. The summed E-state index contributed by atoms with van der Waals surface area (Å²) in [6.07, 6.45) is 4.20. The van der Waals surface area contributed by atoms with Crippen LogP contribution in [0.15, 0.2) is 53.4 Å². The van der Waals surface area contributed by atoms with E-state index in [1.807, 2.05) is 0 Å². The molecule has 0 aliphatic carbocycles. The van der Waals surface area contributed by atoms with Crippen LogP contribution in [-0.4, -0.2) is 36.1 Å². The van der Waals surface area contributed by atoms with Gasteiger partial charge in [0.25, 0.3) is 15.9 Å². The van der Waals surface area contributed by atoms with Gasteiger partial charge in [-0.3, -0.25) is 9.10 Å². The number of aryl methyl sites for hydroxylation is 1. The molecule has 168 valence electrons. The second-order valence-electron chi connectivity index (χ2n) is 7.66. The summed E-state index contributed by atoms with van der Waals surface area (Å²) in [5.74, 6) is 1.28. The first-order valence-electron chi connectivity index (χ1n) is 10.4. The molecule has 4 rings (SSSR count). The molecule has 8 nitrogen and oxygen atoms in total. The normalized spacial score (nSPS) is 13.8. The van der Waals surface area contributed by atoms with Gasteiger partial charge < -0.3 is 9.88 Å². The van der Waals surface area contributed by atoms with Crippen LogP contribution in [0.1, 0.15) is 41.3 Å². The van der Waals surface area contributed by atoms with Crippen LogP contribution in [0, 0.1) is 0 Å². The number of fused-ring (bicyclic) bond motifs is 1. The molecule has 0 radical (unpaired) electrons. The number of sulfonamides is 1. The van der Waals surface area contributed by atoms with Crippen LogP contribution < -0.4 is 9.62 Å². The first-order chi connectivity index (χ1) is 15.4. The first kappa shape index (κ1) is 22.3. The second-order valence-corrected chi connectivity index (χ2v) is 10.1. The molecule has 1 aliphatic heterocycles. The van der Waals surface area contributed by atoms with E-state index < -0.39 is 10.0 Å². The number of carbonyl (C=O) groups excluding carboxylic acids is 1. The molecule has 2 aromatic carbocycles. The van der Waals surface area contributed by atoms with Gasteiger partial charge in [0.1, 0.15) is 5.82 Å². The van der Waals surface area contributed by atoms with Gasteiger partial charge in [-0.15, -0.1) is 10.2 Å². The Morgan fingerprint density at radius 2 is 1.94 bits per heavy atom. The Labute approximate surface area is 192 Å². The zero-order valence-electron chi connectivity index (χ0n) is 17.7. The van der Waals surface area contributed by atoms with Crippen molar-refractivity contribution in [2.24, 2.45) is 0 Å². The predicted octanol–water partition coefficient (Wildman–Crippen LogP) is 3.41. The van der Waals surface area contributed by atoms with Crippen LogP contribution in [-0.2, 0) is 29.5 Å². The molecule has 0 saturated heterocycles. The molecule has 3 aromatic rings. The Balaban J connectivity index is 1.50. The second kappa shape index (κ2) is 9.30. The summed E-state index contributed by atoms with van der Waals surface area (Å²) >= 11 is 6.00. The van der Waals surface area contributed by atoms with Crippen molar-refractivity contribution in [2.75, 3.05) is 11.4 Å². The van der Waals surface area contributed by atoms with Crippen molar-refractivity contribution >= 4 is 33.2 Å². The van der Waals surface area contributed by atoms with Gasteiger partial charge in [-0.2, -0.15) is 0 Å². The molecular weight excluding hydrogens is 450 g/mol. The average Bonchev–Trinajstić information content (AvgIpc) is 3.02. The fraction of sp³-hybridized carbons (Fsp3) is 0.318. The summed E-state index contributed by atoms with van der Waals surface area (Å²) in [5, 5.41) is 11.7. The SMILES string of the molecule is CN(c1cccc(Cl)c1)S(=O)(=O)c1cccc(C(=O)NCc2nnc3n2CCCCC3)c1. The molecule has 10 heteroatoms. The maximum Gasteiger partial charge on any atom is 0.264 e. The topological polar surface area (TPSA) is 97.2 Å². The van der Waals surface area contributed by atoms with Crippen LogP contribution in [0.3, 0.4) is 0 Å². The van der Waals surface area contributed by atoms with Gasteiger partial charge in [0.15, 0.2) is 5.82 Å². The lowest BCUT2D eigenvalue weighted by Gasteiger charge is -2.20. The molecule has 1 amide bonds. The van der Waals surface area contributed by atoms with Gasteiger partial charge in [0.2, 0.25) is 0 Å². The maximum atomic E-state index is 13.1. The Bertz CT molecular complexity index is 1240. The zero-order valence-corrected chi connectivity index (χ0v) is 19.2. The number of hydrogen-bond donors (Lipinski definition) is 1. The minimum Gasteiger partial charge on any atom is -0.345 e. The highest BCUT2D eigenvalue weighted by atomic mass is 35.5. The lowest BCUT2D eigenvalue weighted by atomic mass is 10.2. The number of benzene rings is 2. The van der Waals surface area contributed by atoms with Gasteiger partial charge in [-0.1, -0.05) is 30.2 Å². The van der Waals surface area contributed by atoms with Crippen molar-refractivity contribution in [3.63, 3.8) is 0 Å². The summed E-state index contributed by atoms with van der Waals surface area (Å²) in [6.45, 7) is 1.07. The number of hydrogen-bond acceptors (Lipinski definition) is 5. The van der Waals surface area contributed by atoms with Crippen LogP contribution in [0.5, 0.6) is 0 Å². The molecule has 0 fully saturated rings. The smallest absolute Gasteiger partial charge is 0.264 e. The monoisotopic (exact) mass is 473 g/mol. The fourth-order valence-electron chi connectivity index (χ4n) is 3.70. The van der Waals surface area contributed by atoms with Crippen molar-refractivity contribution in [1.29, 1.82) is 0 Å². The van der Waals surface area contributed by atoms with Crippen LogP contribution in [0.4, 0.5) is 5.69 Å². The molecule has 1 aromatic heterocycles. The Morgan fingerprint density at radius 1 is 1.12 bits per heavy atom. The summed E-state index contributed by atoms with van der Waals surface area (Å²) in [7, 11) is -2.42. The van der Waals surface area contributed by atoms with Crippen LogP contribution in [0.25, 0.3) is 0 Å². The van der Waals surface area contributed by atoms with E-state index in [-0.39, 0.29) is 22.9 Å². The van der Waals surface area contributed by atoms with E-state index in [0.717, 1.165) is 42.4 Å². The lowest BCUT2D eigenvalue weighted by molar-refractivity contribution is 0.0949. The van der Waals surface area contributed by atoms with Crippen molar-refractivity contribution in [3.8, 4) is 0 Å². The van der Waals surface area contributed by atoms with Gasteiger partial charge in [0, 0.05) is 30.6 Å². The number of amides is 1. The van der Waals surface area contributed by atoms with Crippen molar-refractivity contribution in [2.45, 2.75) is 43.7 Å².